The lowest BCUT2D eigenvalue weighted by Gasteiger charge is -2.23. The number of hydrogen-bond donors (Lipinski definition) is 2. The van der Waals surface area contributed by atoms with Crippen molar-refractivity contribution in [3.63, 3.8) is 0 Å². The fourth-order valence-electron chi connectivity index (χ4n) is 2.59. The number of benzene rings is 2. The van der Waals surface area contributed by atoms with Gasteiger partial charge in [-0.05, 0) is 18.6 Å². The molecule has 0 saturated carbocycles. The summed E-state index contributed by atoms with van der Waals surface area (Å²) < 4.78 is 29.6. The molecule has 0 aliphatic carbocycles. The summed E-state index contributed by atoms with van der Waals surface area (Å²) in [6, 6.07) is 14.8. The quantitative estimate of drug-likeness (QED) is 0.751. The van der Waals surface area contributed by atoms with Gasteiger partial charge in [0.2, 0.25) is 5.91 Å². The second-order valence-electron chi connectivity index (χ2n) is 5.87. The Bertz CT molecular complexity index is 701. The van der Waals surface area contributed by atoms with E-state index in [-0.39, 0.29) is 24.1 Å². The molecule has 0 heterocycles. The van der Waals surface area contributed by atoms with Crippen LogP contribution in [0.3, 0.4) is 0 Å². The fraction of sp³-hybridized carbons (Fsp3) is 0.316. The summed E-state index contributed by atoms with van der Waals surface area (Å²) in [5.41, 5.74) is 7.51. The fourth-order valence-corrected chi connectivity index (χ4v) is 2.59. The number of carbonyl (C=O) groups is 1. The Morgan fingerprint density at radius 1 is 1.04 bits per heavy atom. The van der Waals surface area contributed by atoms with Crippen molar-refractivity contribution in [2.75, 3.05) is 0 Å². The van der Waals surface area contributed by atoms with Gasteiger partial charge >= 0.3 is 6.61 Å². The first-order chi connectivity index (χ1) is 11.9. The first kappa shape index (κ1) is 21.9. The molecule has 2 aromatic carbocycles. The van der Waals surface area contributed by atoms with Crippen LogP contribution in [0.5, 0.6) is 5.75 Å². The van der Waals surface area contributed by atoms with Gasteiger partial charge in [0.1, 0.15) is 5.75 Å². The minimum atomic E-state index is -2.92. The predicted octanol–water partition coefficient (Wildman–Crippen LogP) is 4.22. The number of alkyl halides is 2. The first-order valence-electron chi connectivity index (χ1n) is 8.04. The SMILES string of the molecule is CC(NC(=O)C(C)C(N)c1ccccc1)c1ccccc1OC(F)F.Cl. The number of nitrogens with one attached hydrogen (secondary N) is 1. The highest BCUT2D eigenvalue weighted by molar-refractivity contribution is 5.85. The molecule has 2 rings (SSSR count). The van der Waals surface area contributed by atoms with Crippen molar-refractivity contribution in [2.24, 2.45) is 11.7 Å². The zero-order valence-electron chi connectivity index (χ0n) is 14.6. The van der Waals surface area contributed by atoms with Gasteiger partial charge in [-0.1, -0.05) is 55.5 Å². The summed E-state index contributed by atoms with van der Waals surface area (Å²) in [6.07, 6.45) is 0. The van der Waals surface area contributed by atoms with E-state index in [1.165, 1.54) is 6.07 Å². The highest BCUT2D eigenvalue weighted by Gasteiger charge is 2.24. The van der Waals surface area contributed by atoms with Gasteiger partial charge in [0, 0.05) is 11.6 Å². The molecule has 0 bridgehead atoms. The monoisotopic (exact) mass is 384 g/mol. The van der Waals surface area contributed by atoms with Crippen LogP contribution < -0.4 is 15.8 Å². The van der Waals surface area contributed by atoms with Gasteiger partial charge in [0.25, 0.3) is 0 Å². The molecule has 0 aliphatic rings. The summed E-state index contributed by atoms with van der Waals surface area (Å²) >= 11 is 0. The zero-order chi connectivity index (χ0) is 18.4. The van der Waals surface area contributed by atoms with Crippen molar-refractivity contribution in [3.05, 3.63) is 65.7 Å². The maximum absolute atomic E-state index is 12.5. The van der Waals surface area contributed by atoms with Crippen LogP contribution in [0.2, 0.25) is 0 Å². The Morgan fingerprint density at radius 2 is 1.62 bits per heavy atom. The normalized spacial score (nSPS) is 14.1. The highest BCUT2D eigenvalue weighted by Crippen LogP contribution is 2.27. The van der Waals surface area contributed by atoms with Crippen molar-refractivity contribution in [1.82, 2.24) is 5.32 Å². The van der Waals surface area contributed by atoms with Crippen LogP contribution in [0.15, 0.2) is 54.6 Å². The molecule has 142 valence electrons. The van der Waals surface area contributed by atoms with Gasteiger partial charge in [-0.2, -0.15) is 8.78 Å². The Hall–Kier alpha value is -2.18. The number of nitrogens with two attached hydrogens (primary N) is 1. The average Bonchev–Trinajstić information content (AvgIpc) is 2.61. The van der Waals surface area contributed by atoms with Crippen molar-refractivity contribution >= 4 is 18.3 Å². The van der Waals surface area contributed by atoms with E-state index >= 15 is 0 Å². The van der Waals surface area contributed by atoms with E-state index in [0.29, 0.717) is 5.56 Å². The standard InChI is InChI=1S/C19H22F2N2O2.ClH/c1-12(17(22)14-8-4-3-5-9-14)18(24)23-13(2)15-10-6-7-11-16(15)25-19(20)21;/h3-13,17,19H,22H2,1-2H3,(H,23,24);1H. The molecular formula is C19H23ClF2N2O2. The molecule has 1 amide bonds. The maximum Gasteiger partial charge on any atom is 0.387 e. The second kappa shape index (κ2) is 10.1. The number of amides is 1. The van der Waals surface area contributed by atoms with Gasteiger partial charge in [-0.3, -0.25) is 4.79 Å². The van der Waals surface area contributed by atoms with Crippen molar-refractivity contribution in [1.29, 1.82) is 0 Å². The maximum atomic E-state index is 12.5. The Morgan fingerprint density at radius 3 is 2.23 bits per heavy atom. The number of hydrogen-bond acceptors (Lipinski definition) is 3. The van der Waals surface area contributed by atoms with Crippen LogP contribution in [-0.2, 0) is 4.79 Å². The Kier molecular flexibility index (Phi) is 8.48. The van der Waals surface area contributed by atoms with E-state index in [0.717, 1.165) is 5.56 Å². The molecule has 0 aromatic heterocycles. The minimum Gasteiger partial charge on any atom is -0.434 e. The van der Waals surface area contributed by atoms with E-state index in [4.69, 9.17) is 5.73 Å². The lowest BCUT2D eigenvalue weighted by molar-refractivity contribution is -0.125. The molecule has 3 unspecified atom stereocenters. The molecule has 0 aliphatic heterocycles. The average molecular weight is 385 g/mol. The summed E-state index contributed by atoms with van der Waals surface area (Å²) in [6.45, 7) is 0.530. The Labute approximate surface area is 158 Å². The molecule has 0 spiro atoms. The van der Waals surface area contributed by atoms with Crippen molar-refractivity contribution in [3.8, 4) is 5.75 Å². The molecule has 2 aromatic rings. The van der Waals surface area contributed by atoms with Gasteiger partial charge in [-0.15, -0.1) is 12.4 Å². The van der Waals surface area contributed by atoms with Crippen LogP contribution in [0.25, 0.3) is 0 Å². The minimum absolute atomic E-state index is 0. The molecule has 3 N–H and O–H groups in total. The molecular weight excluding hydrogens is 362 g/mol. The lowest BCUT2D eigenvalue weighted by atomic mass is 9.94. The van der Waals surface area contributed by atoms with Crippen LogP contribution in [0, 0.1) is 5.92 Å². The molecule has 7 heteroatoms. The van der Waals surface area contributed by atoms with Crippen LogP contribution in [-0.4, -0.2) is 12.5 Å². The second-order valence-corrected chi connectivity index (χ2v) is 5.87. The van der Waals surface area contributed by atoms with E-state index in [2.05, 4.69) is 10.1 Å². The number of ether oxygens (including phenoxy) is 1. The third-order valence-corrected chi connectivity index (χ3v) is 4.10. The Balaban J connectivity index is 0.00000338. The summed E-state index contributed by atoms with van der Waals surface area (Å²) in [7, 11) is 0. The van der Waals surface area contributed by atoms with Crippen LogP contribution in [0.4, 0.5) is 8.78 Å². The predicted molar refractivity (Wildman–Crippen MR) is 99.4 cm³/mol. The molecule has 3 atom stereocenters. The van der Waals surface area contributed by atoms with Crippen molar-refractivity contribution in [2.45, 2.75) is 32.5 Å². The number of halogens is 3. The van der Waals surface area contributed by atoms with E-state index < -0.39 is 24.6 Å². The molecule has 26 heavy (non-hydrogen) atoms. The third kappa shape index (κ3) is 5.68. The van der Waals surface area contributed by atoms with Gasteiger partial charge < -0.3 is 15.8 Å². The van der Waals surface area contributed by atoms with Crippen molar-refractivity contribution < 1.29 is 18.3 Å². The molecule has 4 nitrogen and oxygen atoms in total. The van der Waals surface area contributed by atoms with E-state index in [1.54, 1.807) is 32.0 Å². The zero-order valence-corrected chi connectivity index (χ0v) is 15.4. The summed E-state index contributed by atoms with van der Waals surface area (Å²) in [5.74, 6) is -0.686. The third-order valence-electron chi connectivity index (χ3n) is 4.10. The topological polar surface area (TPSA) is 64.4 Å². The highest BCUT2D eigenvalue weighted by atomic mass is 35.5. The lowest BCUT2D eigenvalue weighted by Crippen LogP contribution is -2.37. The molecule has 0 radical (unpaired) electrons. The largest absolute Gasteiger partial charge is 0.434 e. The van der Waals surface area contributed by atoms with Gasteiger partial charge in [0.15, 0.2) is 0 Å². The van der Waals surface area contributed by atoms with Gasteiger partial charge in [0.05, 0.1) is 12.0 Å². The van der Waals surface area contributed by atoms with Crippen LogP contribution >= 0.6 is 12.4 Å². The molecule has 0 saturated heterocycles. The number of rotatable bonds is 7. The van der Waals surface area contributed by atoms with E-state index in [1.807, 2.05) is 30.3 Å². The summed E-state index contributed by atoms with van der Waals surface area (Å²) in [5, 5.41) is 2.82. The van der Waals surface area contributed by atoms with Crippen LogP contribution in [0.1, 0.15) is 37.1 Å². The van der Waals surface area contributed by atoms with Gasteiger partial charge in [-0.25, -0.2) is 0 Å². The van der Waals surface area contributed by atoms with E-state index in [9.17, 15) is 13.6 Å². The molecule has 0 fully saturated rings. The number of para-hydroxylation sites is 1. The smallest absolute Gasteiger partial charge is 0.387 e. The first-order valence-corrected chi connectivity index (χ1v) is 8.04. The number of carbonyl (C=O) groups excluding carboxylic acids is 1. The summed E-state index contributed by atoms with van der Waals surface area (Å²) in [4.78, 5) is 12.5.